The van der Waals surface area contributed by atoms with Crippen LogP contribution in [-0.2, 0) is 4.79 Å². The molecule has 3 fully saturated rings. The summed E-state index contributed by atoms with van der Waals surface area (Å²) in [5.41, 5.74) is 1.81. The zero-order chi connectivity index (χ0) is 24.9. The maximum Gasteiger partial charge on any atom is 0.407 e. The molecule has 0 unspecified atom stereocenters. The van der Waals surface area contributed by atoms with Crippen molar-refractivity contribution in [2.24, 2.45) is 5.92 Å². The molecule has 0 radical (unpaired) electrons. The molecule has 2 bridgehead atoms. The van der Waals surface area contributed by atoms with E-state index in [1.807, 2.05) is 31.2 Å². The van der Waals surface area contributed by atoms with E-state index < -0.39 is 24.0 Å². The predicted octanol–water partition coefficient (Wildman–Crippen LogP) is 5.05. The molecule has 35 heavy (non-hydrogen) atoms. The first-order valence-electron chi connectivity index (χ1n) is 11.8. The number of aromatic nitrogens is 1. The molecule has 186 valence electrons. The fourth-order valence-electron chi connectivity index (χ4n) is 5.98. The van der Waals surface area contributed by atoms with Crippen molar-refractivity contribution in [1.29, 1.82) is 0 Å². The fourth-order valence-corrected chi connectivity index (χ4v) is 6.67. The van der Waals surface area contributed by atoms with Gasteiger partial charge in [0.15, 0.2) is 5.75 Å². The zero-order valence-corrected chi connectivity index (χ0v) is 20.7. The first-order valence-corrected chi connectivity index (χ1v) is 12.6. The van der Waals surface area contributed by atoms with Crippen LogP contribution in [-0.4, -0.2) is 63.4 Å². The van der Waals surface area contributed by atoms with Crippen LogP contribution >= 0.6 is 23.2 Å². The van der Waals surface area contributed by atoms with Crippen LogP contribution in [0.4, 0.5) is 10.6 Å². The molecule has 10 heteroatoms. The molecule has 8 nitrogen and oxygen atoms in total. The summed E-state index contributed by atoms with van der Waals surface area (Å²) >= 11 is 12.7. The third-order valence-electron chi connectivity index (χ3n) is 7.52. The van der Waals surface area contributed by atoms with Gasteiger partial charge in [-0.2, -0.15) is 0 Å². The number of pyridine rings is 1. The molecule has 1 aromatic carbocycles. The van der Waals surface area contributed by atoms with Gasteiger partial charge in [-0.05, 0) is 55.5 Å². The SMILES string of the molecule is Cc1cc(Cl)c(O[C@@H]2CCN(c3ccc([C@@H]4C[C@H]5CC[C@@H]([C@H]4C(=O)O)N5C(=O)O)cn3)C2)c(Cl)c1. The van der Waals surface area contributed by atoms with Gasteiger partial charge < -0.3 is 24.7 Å². The van der Waals surface area contributed by atoms with Gasteiger partial charge in [-0.3, -0.25) is 4.79 Å². The molecule has 1 aromatic heterocycles. The van der Waals surface area contributed by atoms with E-state index >= 15 is 0 Å². The number of nitrogens with zero attached hydrogens (tertiary/aromatic N) is 3. The van der Waals surface area contributed by atoms with E-state index in [-0.39, 0.29) is 18.1 Å². The number of hydrogen-bond donors (Lipinski definition) is 2. The highest BCUT2D eigenvalue weighted by molar-refractivity contribution is 6.37. The van der Waals surface area contributed by atoms with Gasteiger partial charge in [-0.25, -0.2) is 9.78 Å². The molecule has 5 atom stereocenters. The van der Waals surface area contributed by atoms with Crippen LogP contribution in [0.3, 0.4) is 0 Å². The summed E-state index contributed by atoms with van der Waals surface area (Å²) in [5.74, 6) is -0.702. The van der Waals surface area contributed by atoms with Crippen molar-refractivity contribution >= 4 is 41.1 Å². The molecule has 0 spiro atoms. The largest absolute Gasteiger partial charge is 0.485 e. The van der Waals surface area contributed by atoms with Gasteiger partial charge in [0.1, 0.15) is 11.9 Å². The summed E-state index contributed by atoms with van der Waals surface area (Å²) in [6.45, 7) is 3.32. The van der Waals surface area contributed by atoms with Crippen LogP contribution in [0.2, 0.25) is 10.0 Å². The number of halogens is 2. The number of amides is 1. The van der Waals surface area contributed by atoms with Crippen molar-refractivity contribution in [2.75, 3.05) is 18.0 Å². The highest BCUT2D eigenvalue weighted by atomic mass is 35.5. The van der Waals surface area contributed by atoms with E-state index in [0.29, 0.717) is 41.6 Å². The molecule has 3 saturated heterocycles. The van der Waals surface area contributed by atoms with E-state index in [9.17, 15) is 19.8 Å². The molecule has 1 amide bonds. The number of rotatable bonds is 5. The second-order valence-electron chi connectivity index (χ2n) is 9.68. The summed E-state index contributed by atoms with van der Waals surface area (Å²) in [4.78, 5) is 32.0. The molecule has 2 aromatic rings. The summed E-state index contributed by atoms with van der Waals surface area (Å²) in [7, 11) is 0. The van der Waals surface area contributed by atoms with Gasteiger partial charge in [-0.1, -0.05) is 29.3 Å². The zero-order valence-electron chi connectivity index (χ0n) is 19.2. The Balaban J connectivity index is 1.28. The fraction of sp³-hybridized carbons (Fsp3) is 0.480. The summed E-state index contributed by atoms with van der Waals surface area (Å²) < 4.78 is 6.11. The molecule has 3 aliphatic heterocycles. The van der Waals surface area contributed by atoms with Gasteiger partial charge >= 0.3 is 12.1 Å². The van der Waals surface area contributed by atoms with Crippen LogP contribution in [0.25, 0.3) is 0 Å². The van der Waals surface area contributed by atoms with Crippen molar-refractivity contribution in [2.45, 2.75) is 56.7 Å². The summed E-state index contributed by atoms with van der Waals surface area (Å²) in [5, 5.41) is 20.5. The summed E-state index contributed by atoms with van der Waals surface area (Å²) in [6, 6.07) is 6.86. The van der Waals surface area contributed by atoms with Crippen molar-refractivity contribution < 1.29 is 24.5 Å². The number of fused-ring (bicyclic) bond motifs is 2. The number of benzene rings is 1. The van der Waals surface area contributed by atoms with Crippen molar-refractivity contribution in [3.8, 4) is 5.75 Å². The lowest BCUT2D eigenvalue weighted by molar-refractivity contribution is -0.146. The molecule has 0 saturated carbocycles. The average molecular weight is 520 g/mol. The van der Waals surface area contributed by atoms with Gasteiger partial charge in [0.25, 0.3) is 0 Å². The van der Waals surface area contributed by atoms with Gasteiger partial charge in [0.05, 0.1) is 22.5 Å². The number of carbonyl (C=O) groups is 2. The van der Waals surface area contributed by atoms with Gasteiger partial charge in [0.2, 0.25) is 0 Å². The van der Waals surface area contributed by atoms with E-state index in [0.717, 1.165) is 29.9 Å². The Bertz CT molecular complexity index is 1120. The predicted molar refractivity (Wildman–Crippen MR) is 132 cm³/mol. The molecule has 2 N–H and O–H groups in total. The van der Waals surface area contributed by atoms with Gasteiger partial charge in [-0.15, -0.1) is 0 Å². The normalized spacial score (nSPS) is 27.8. The number of piperidine rings is 1. The number of anilines is 1. The minimum Gasteiger partial charge on any atom is -0.485 e. The van der Waals surface area contributed by atoms with E-state index in [2.05, 4.69) is 9.88 Å². The summed E-state index contributed by atoms with van der Waals surface area (Å²) in [6.07, 6.45) is 3.21. The Kier molecular flexibility index (Phi) is 6.44. The quantitative estimate of drug-likeness (QED) is 0.569. The number of hydrogen-bond acceptors (Lipinski definition) is 5. The minimum atomic E-state index is -1.03. The topological polar surface area (TPSA) is 103 Å². The third kappa shape index (κ3) is 4.49. The van der Waals surface area contributed by atoms with E-state index in [1.165, 1.54) is 4.90 Å². The molecule has 0 aliphatic carbocycles. The second-order valence-corrected chi connectivity index (χ2v) is 10.5. The van der Waals surface area contributed by atoms with Crippen molar-refractivity contribution in [1.82, 2.24) is 9.88 Å². The third-order valence-corrected chi connectivity index (χ3v) is 8.08. The highest BCUT2D eigenvalue weighted by Gasteiger charge is 2.52. The van der Waals surface area contributed by atoms with Crippen LogP contribution in [0.5, 0.6) is 5.75 Å². The number of aryl methyl sites for hydroxylation is 1. The Morgan fingerprint density at radius 3 is 2.49 bits per heavy atom. The Morgan fingerprint density at radius 2 is 1.86 bits per heavy atom. The van der Waals surface area contributed by atoms with Crippen LogP contribution in [0.15, 0.2) is 30.5 Å². The molecule has 4 heterocycles. The highest BCUT2D eigenvalue weighted by Crippen LogP contribution is 2.47. The number of aliphatic carboxylic acids is 1. The minimum absolute atomic E-state index is 0.0819. The standard InChI is InChI=1S/C25H27Cl2N3O5/c1-13-8-18(26)23(19(27)9-13)35-16-6-7-29(12-16)21-5-2-14(11-28-21)17-10-15-3-4-20(22(17)24(31)32)30(15)25(33)34/h2,5,8-9,11,15-17,20,22H,3-4,6-7,10,12H2,1H3,(H,31,32)(H,33,34)/t15-,16-,17+,20+,22+/m1/s1. The Morgan fingerprint density at radius 1 is 1.11 bits per heavy atom. The number of carboxylic acid groups (broad SMARTS) is 2. The van der Waals surface area contributed by atoms with E-state index in [1.54, 1.807) is 6.20 Å². The van der Waals surface area contributed by atoms with Crippen molar-refractivity contribution in [3.63, 3.8) is 0 Å². The first kappa shape index (κ1) is 24.0. The van der Waals surface area contributed by atoms with Crippen LogP contribution in [0, 0.1) is 12.8 Å². The Hall–Kier alpha value is -2.71. The van der Waals surface area contributed by atoms with Crippen LogP contribution in [0.1, 0.15) is 42.7 Å². The lowest BCUT2D eigenvalue weighted by atomic mass is 9.76. The lowest BCUT2D eigenvalue weighted by Gasteiger charge is -2.41. The maximum absolute atomic E-state index is 12.1. The number of ether oxygens (including phenoxy) is 1. The monoisotopic (exact) mass is 519 g/mol. The lowest BCUT2D eigenvalue weighted by Crippen LogP contribution is -2.52. The second kappa shape index (κ2) is 9.39. The first-order chi connectivity index (χ1) is 16.7. The Labute approximate surface area is 213 Å². The molecule has 3 aliphatic rings. The molecular formula is C25H27Cl2N3O5. The smallest absolute Gasteiger partial charge is 0.407 e. The van der Waals surface area contributed by atoms with Gasteiger partial charge in [0, 0.05) is 37.2 Å². The maximum atomic E-state index is 12.1. The van der Waals surface area contributed by atoms with Crippen molar-refractivity contribution in [3.05, 3.63) is 51.6 Å². The van der Waals surface area contributed by atoms with E-state index in [4.69, 9.17) is 27.9 Å². The molecule has 5 rings (SSSR count). The van der Waals surface area contributed by atoms with Crippen LogP contribution < -0.4 is 9.64 Å². The molecular weight excluding hydrogens is 493 g/mol. The average Bonchev–Trinajstić information content (AvgIpc) is 3.39. The number of carboxylic acids is 1.